The van der Waals surface area contributed by atoms with Crippen LogP contribution in [0.2, 0.25) is 0 Å². The van der Waals surface area contributed by atoms with E-state index in [0.29, 0.717) is 5.69 Å². The first-order valence-corrected chi connectivity index (χ1v) is 6.36. The molecule has 5 nitrogen and oxygen atoms in total. The van der Waals surface area contributed by atoms with Crippen molar-refractivity contribution in [2.75, 3.05) is 12.8 Å². The predicted octanol–water partition coefficient (Wildman–Crippen LogP) is 2.63. The fourth-order valence-corrected chi connectivity index (χ4v) is 2.30. The van der Waals surface area contributed by atoms with Gasteiger partial charge in [0.2, 0.25) is 0 Å². The smallest absolute Gasteiger partial charge is 0.161 e. The normalized spacial score (nSPS) is 10.9. The average Bonchev–Trinajstić information content (AvgIpc) is 2.73. The average molecular weight is 268 g/mol. The molecule has 0 aliphatic rings. The van der Waals surface area contributed by atoms with Crippen LogP contribution in [0.1, 0.15) is 11.4 Å². The van der Waals surface area contributed by atoms with Crippen molar-refractivity contribution >= 4 is 16.5 Å². The molecule has 2 aromatic heterocycles. The number of nitrogens with zero attached hydrogens (tertiary/aromatic N) is 3. The summed E-state index contributed by atoms with van der Waals surface area (Å²) in [4.78, 5) is 4.45. The summed E-state index contributed by atoms with van der Waals surface area (Å²) in [6.07, 6.45) is 1.77. The minimum Gasteiger partial charge on any atom is -0.497 e. The Morgan fingerprint density at radius 1 is 1.20 bits per heavy atom. The fourth-order valence-electron chi connectivity index (χ4n) is 2.30. The standard InChI is InChI=1S/C15H16N4O/c1-9-14(16)10(2)19(18-9)15-13-5-4-12(20-3)8-11(13)6-7-17-15/h4-8H,16H2,1-3H3. The lowest BCUT2D eigenvalue weighted by Crippen LogP contribution is -2.03. The number of aromatic nitrogens is 3. The second kappa shape index (κ2) is 4.52. The van der Waals surface area contributed by atoms with E-state index in [1.165, 1.54) is 0 Å². The molecule has 0 atom stereocenters. The third-order valence-corrected chi connectivity index (χ3v) is 3.50. The van der Waals surface area contributed by atoms with E-state index in [1.807, 2.05) is 38.1 Å². The van der Waals surface area contributed by atoms with E-state index in [-0.39, 0.29) is 0 Å². The van der Waals surface area contributed by atoms with Crippen LogP contribution in [0.15, 0.2) is 30.5 Å². The van der Waals surface area contributed by atoms with Crippen LogP contribution in [0.5, 0.6) is 5.75 Å². The van der Waals surface area contributed by atoms with Crippen LogP contribution in [0.4, 0.5) is 5.69 Å². The summed E-state index contributed by atoms with van der Waals surface area (Å²) in [5.74, 6) is 1.60. The second-order valence-corrected chi connectivity index (χ2v) is 4.72. The highest BCUT2D eigenvalue weighted by molar-refractivity contribution is 5.89. The second-order valence-electron chi connectivity index (χ2n) is 4.72. The van der Waals surface area contributed by atoms with Gasteiger partial charge in [-0.25, -0.2) is 9.67 Å². The van der Waals surface area contributed by atoms with Gasteiger partial charge in [0.15, 0.2) is 5.82 Å². The number of pyridine rings is 1. The van der Waals surface area contributed by atoms with Gasteiger partial charge in [0.1, 0.15) is 5.75 Å². The molecule has 2 heterocycles. The van der Waals surface area contributed by atoms with Crippen molar-refractivity contribution in [3.8, 4) is 11.6 Å². The Balaban J connectivity index is 2.28. The maximum absolute atomic E-state index is 6.00. The summed E-state index contributed by atoms with van der Waals surface area (Å²) in [6.45, 7) is 3.84. The van der Waals surface area contributed by atoms with Crippen molar-refractivity contribution in [2.45, 2.75) is 13.8 Å². The van der Waals surface area contributed by atoms with Gasteiger partial charge in [0.05, 0.1) is 24.2 Å². The number of methoxy groups -OCH3 is 1. The SMILES string of the molecule is COc1ccc2c(-n3nc(C)c(N)c3C)nccc2c1. The van der Waals surface area contributed by atoms with Gasteiger partial charge >= 0.3 is 0 Å². The molecule has 0 bridgehead atoms. The zero-order valence-corrected chi connectivity index (χ0v) is 11.7. The van der Waals surface area contributed by atoms with Gasteiger partial charge in [-0.05, 0) is 43.5 Å². The van der Waals surface area contributed by atoms with Crippen LogP contribution in [-0.4, -0.2) is 21.9 Å². The summed E-state index contributed by atoms with van der Waals surface area (Å²) in [7, 11) is 1.66. The number of fused-ring (bicyclic) bond motifs is 1. The highest BCUT2D eigenvalue weighted by Gasteiger charge is 2.13. The zero-order chi connectivity index (χ0) is 14.3. The van der Waals surface area contributed by atoms with Crippen molar-refractivity contribution < 1.29 is 4.74 Å². The predicted molar refractivity (Wildman–Crippen MR) is 79.3 cm³/mol. The lowest BCUT2D eigenvalue weighted by atomic mass is 10.1. The van der Waals surface area contributed by atoms with Crippen molar-refractivity contribution in [1.82, 2.24) is 14.8 Å². The molecule has 0 aliphatic heterocycles. The van der Waals surface area contributed by atoms with Crippen LogP contribution in [0.3, 0.4) is 0 Å². The Hall–Kier alpha value is -2.56. The number of aryl methyl sites for hydroxylation is 1. The molecule has 0 spiro atoms. The number of hydrogen-bond donors (Lipinski definition) is 1. The first kappa shape index (κ1) is 12.5. The van der Waals surface area contributed by atoms with Gasteiger partial charge in [0.25, 0.3) is 0 Å². The van der Waals surface area contributed by atoms with Gasteiger partial charge in [-0.15, -0.1) is 0 Å². The Morgan fingerprint density at radius 2 is 2.00 bits per heavy atom. The number of rotatable bonds is 2. The van der Waals surface area contributed by atoms with Gasteiger partial charge in [-0.3, -0.25) is 0 Å². The molecular formula is C15H16N4O. The lowest BCUT2D eigenvalue weighted by Gasteiger charge is -2.08. The molecule has 5 heteroatoms. The largest absolute Gasteiger partial charge is 0.497 e. The van der Waals surface area contributed by atoms with E-state index in [0.717, 1.165) is 33.7 Å². The molecule has 2 N–H and O–H groups in total. The number of anilines is 1. The molecule has 0 saturated heterocycles. The number of benzene rings is 1. The molecule has 20 heavy (non-hydrogen) atoms. The van der Waals surface area contributed by atoms with E-state index in [9.17, 15) is 0 Å². The molecule has 0 fully saturated rings. The Bertz CT molecular complexity index is 792. The molecule has 0 unspecified atom stereocenters. The van der Waals surface area contributed by atoms with E-state index >= 15 is 0 Å². The topological polar surface area (TPSA) is 66.0 Å². The quantitative estimate of drug-likeness (QED) is 0.776. The molecular weight excluding hydrogens is 252 g/mol. The maximum atomic E-state index is 6.00. The van der Waals surface area contributed by atoms with Crippen molar-refractivity contribution in [1.29, 1.82) is 0 Å². The zero-order valence-electron chi connectivity index (χ0n) is 11.7. The van der Waals surface area contributed by atoms with Crippen LogP contribution < -0.4 is 10.5 Å². The number of hydrogen-bond acceptors (Lipinski definition) is 4. The minimum absolute atomic E-state index is 0.706. The molecule has 102 valence electrons. The Labute approximate surface area is 117 Å². The first-order valence-electron chi connectivity index (χ1n) is 6.36. The number of nitrogens with two attached hydrogens (primary N) is 1. The number of ether oxygens (including phenoxy) is 1. The molecule has 1 aromatic carbocycles. The highest BCUT2D eigenvalue weighted by atomic mass is 16.5. The van der Waals surface area contributed by atoms with Crippen molar-refractivity contribution in [3.63, 3.8) is 0 Å². The minimum atomic E-state index is 0.706. The lowest BCUT2D eigenvalue weighted by molar-refractivity contribution is 0.415. The summed E-state index contributed by atoms with van der Waals surface area (Å²) in [6, 6.07) is 7.84. The summed E-state index contributed by atoms with van der Waals surface area (Å²) < 4.78 is 7.04. The van der Waals surface area contributed by atoms with E-state index in [2.05, 4.69) is 10.1 Å². The molecule has 0 aliphatic carbocycles. The summed E-state index contributed by atoms with van der Waals surface area (Å²) in [5, 5.41) is 6.54. The van der Waals surface area contributed by atoms with E-state index in [4.69, 9.17) is 10.5 Å². The first-order chi connectivity index (χ1) is 9.61. The van der Waals surface area contributed by atoms with Crippen LogP contribution in [0.25, 0.3) is 16.6 Å². The van der Waals surface area contributed by atoms with Gasteiger partial charge in [-0.1, -0.05) is 0 Å². The maximum Gasteiger partial charge on any atom is 0.161 e. The third-order valence-electron chi connectivity index (χ3n) is 3.50. The van der Waals surface area contributed by atoms with Crippen LogP contribution in [0, 0.1) is 13.8 Å². The fraction of sp³-hybridized carbons (Fsp3) is 0.200. The summed E-state index contributed by atoms with van der Waals surface area (Å²) in [5.41, 5.74) is 8.42. The van der Waals surface area contributed by atoms with E-state index in [1.54, 1.807) is 18.0 Å². The van der Waals surface area contributed by atoms with Gasteiger partial charge in [-0.2, -0.15) is 5.10 Å². The Kier molecular flexibility index (Phi) is 2.82. The Morgan fingerprint density at radius 3 is 2.65 bits per heavy atom. The van der Waals surface area contributed by atoms with Gasteiger partial charge in [0, 0.05) is 11.6 Å². The molecule has 0 radical (unpaired) electrons. The summed E-state index contributed by atoms with van der Waals surface area (Å²) >= 11 is 0. The highest BCUT2D eigenvalue weighted by Crippen LogP contribution is 2.26. The van der Waals surface area contributed by atoms with Crippen LogP contribution in [-0.2, 0) is 0 Å². The van der Waals surface area contributed by atoms with E-state index < -0.39 is 0 Å². The third kappa shape index (κ3) is 1.79. The van der Waals surface area contributed by atoms with Gasteiger partial charge < -0.3 is 10.5 Å². The number of nitrogen functional groups attached to an aromatic ring is 1. The molecule has 0 saturated carbocycles. The van der Waals surface area contributed by atoms with Crippen LogP contribution >= 0.6 is 0 Å². The molecule has 3 rings (SSSR count). The molecule has 3 aromatic rings. The van der Waals surface area contributed by atoms with Crippen molar-refractivity contribution in [2.24, 2.45) is 0 Å². The molecule has 0 amide bonds. The van der Waals surface area contributed by atoms with Crippen molar-refractivity contribution in [3.05, 3.63) is 41.9 Å². The monoisotopic (exact) mass is 268 g/mol.